The summed E-state index contributed by atoms with van der Waals surface area (Å²) in [7, 11) is 0. The molecule has 0 aliphatic heterocycles. The summed E-state index contributed by atoms with van der Waals surface area (Å²) in [5.41, 5.74) is 2.85. The number of aromatic nitrogens is 2. The standard InChI is InChI=1S/C11H18N2/c1-3-9(2)13-8-12-10-6-4-5-7-11(10)13/h8-9H,3-7H2,1-2H3. The van der Waals surface area contributed by atoms with Gasteiger partial charge in [-0.05, 0) is 39.0 Å². The molecule has 1 unspecified atom stereocenters. The third-order valence-electron chi connectivity index (χ3n) is 3.13. The molecular formula is C11H18N2. The molecule has 1 heterocycles. The maximum absolute atomic E-state index is 4.49. The highest BCUT2D eigenvalue weighted by Crippen LogP contribution is 2.23. The monoisotopic (exact) mass is 178 g/mol. The van der Waals surface area contributed by atoms with E-state index in [0.29, 0.717) is 6.04 Å². The Hall–Kier alpha value is -0.790. The fraction of sp³-hybridized carbons (Fsp3) is 0.727. The number of fused-ring (bicyclic) bond motifs is 1. The van der Waals surface area contributed by atoms with Gasteiger partial charge in [0.1, 0.15) is 0 Å². The van der Waals surface area contributed by atoms with Crippen LogP contribution in [0.4, 0.5) is 0 Å². The summed E-state index contributed by atoms with van der Waals surface area (Å²) >= 11 is 0. The highest BCUT2D eigenvalue weighted by Gasteiger charge is 2.16. The van der Waals surface area contributed by atoms with Gasteiger partial charge in [0.15, 0.2) is 0 Å². The van der Waals surface area contributed by atoms with E-state index in [0.717, 1.165) is 0 Å². The predicted molar refractivity (Wildman–Crippen MR) is 53.9 cm³/mol. The van der Waals surface area contributed by atoms with E-state index in [1.165, 1.54) is 43.5 Å². The second kappa shape index (κ2) is 3.52. The van der Waals surface area contributed by atoms with Crippen molar-refractivity contribution in [2.24, 2.45) is 0 Å². The van der Waals surface area contributed by atoms with Crippen LogP contribution in [0, 0.1) is 0 Å². The van der Waals surface area contributed by atoms with Crippen LogP contribution in [0.25, 0.3) is 0 Å². The Morgan fingerprint density at radius 3 is 3.00 bits per heavy atom. The van der Waals surface area contributed by atoms with E-state index in [1.54, 1.807) is 0 Å². The summed E-state index contributed by atoms with van der Waals surface area (Å²) in [5, 5.41) is 0. The summed E-state index contributed by atoms with van der Waals surface area (Å²) < 4.78 is 2.37. The lowest BCUT2D eigenvalue weighted by atomic mass is 10.0. The Balaban J connectivity index is 2.31. The molecule has 0 aromatic carbocycles. The summed E-state index contributed by atoms with van der Waals surface area (Å²) in [6.45, 7) is 4.51. The molecule has 1 aromatic rings. The lowest BCUT2D eigenvalue weighted by Crippen LogP contribution is -2.11. The Kier molecular flexibility index (Phi) is 2.38. The summed E-state index contributed by atoms with van der Waals surface area (Å²) in [5.74, 6) is 0. The van der Waals surface area contributed by atoms with Crippen LogP contribution in [-0.2, 0) is 12.8 Å². The van der Waals surface area contributed by atoms with Crippen molar-refractivity contribution < 1.29 is 0 Å². The largest absolute Gasteiger partial charge is 0.332 e. The zero-order valence-electron chi connectivity index (χ0n) is 8.58. The van der Waals surface area contributed by atoms with E-state index >= 15 is 0 Å². The molecule has 13 heavy (non-hydrogen) atoms. The SMILES string of the molecule is CCC(C)n1cnc2c1CCCC2. The van der Waals surface area contributed by atoms with Gasteiger partial charge in [0.05, 0.1) is 12.0 Å². The maximum atomic E-state index is 4.49. The molecule has 2 heteroatoms. The Morgan fingerprint density at radius 2 is 2.23 bits per heavy atom. The summed E-state index contributed by atoms with van der Waals surface area (Å²) in [4.78, 5) is 4.49. The van der Waals surface area contributed by atoms with Gasteiger partial charge in [-0.25, -0.2) is 4.98 Å². The van der Waals surface area contributed by atoms with E-state index in [2.05, 4.69) is 23.4 Å². The van der Waals surface area contributed by atoms with Gasteiger partial charge in [0.2, 0.25) is 0 Å². The highest BCUT2D eigenvalue weighted by atomic mass is 15.1. The van der Waals surface area contributed by atoms with Crippen molar-refractivity contribution in [1.82, 2.24) is 9.55 Å². The number of hydrogen-bond acceptors (Lipinski definition) is 1. The fourth-order valence-electron chi connectivity index (χ4n) is 2.07. The number of nitrogens with zero attached hydrogens (tertiary/aromatic N) is 2. The van der Waals surface area contributed by atoms with Gasteiger partial charge in [-0.3, -0.25) is 0 Å². The van der Waals surface area contributed by atoms with Crippen molar-refractivity contribution in [3.63, 3.8) is 0 Å². The zero-order valence-corrected chi connectivity index (χ0v) is 8.58. The van der Waals surface area contributed by atoms with Crippen LogP contribution in [0.15, 0.2) is 6.33 Å². The number of imidazole rings is 1. The molecule has 1 aliphatic rings. The molecule has 1 aromatic heterocycles. The first kappa shape index (κ1) is 8.79. The molecule has 0 N–H and O–H groups in total. The van der Waals surface area contributed by atoms with Crippen molar-refractivity contribution in [1.29, 1.82) is 0 Å². The molecule has 72 valence electrons. The maximum Gasteiger partial charge on any atom is 0.0954 e. The van der Waals surface area contributed by atoms with Crippen LogP contribution >= 0.6 is 0 Å². The molecule has 0 amide bonds. The third-order valence-corrected chi connectivity index (χ3v) is 3.13. The van der Waals surface area contributed by atoms with E-state index < -0.39 is 0 Å². The zero-order chi connectivity index (χ0) is 9.26. The predicted octanol–water partition coefficient (Wildman–Crippen LogP) is 2.73. The van der Waals surface area contributed by atoms with Gasteiger partial charge in [-0.2, -0.15) is 0 Å². The Labute approximate surface area is 80.0 Å². The van der Waals surface area contributed by atoms with Gasteiger partial charge >= 0.3 is 0 Å². The smallest absolute Gasteiger partial charge is 0.0954 e. The molecule has 1 atom stereocenters. The first-order valence-corrected chi connectivity index (χ1v) is 5.37. The van der Waals surface area contributed by atoms with Crippen molar-refractivity contribution in [2.45, 2.75) is 52.0 Å². The van der Waals surface area contributed by atoms with E-state index in [1.807, 2.05) is 6.33 Å². The van der Waals surface area contributed by atoms with Crippen LogP contribution in [0.3, 0.4) is 0 Å². The minimum atomic E-state index is 0.620. The average molecular weight is 178 g/mol. The fourth-order valence-corrected chi connectivity index (χ4v) is 2.07. The van der Waals surface area contributed by atoms with Crippen molar-refractivity contribution in [2.75, 3.05) is 0 Å². The Morgan fingerprint density at radius 1 is 1.46 bits per heavy atom. The molecule has 2 nitrogen and oxygen atoms in total. The van der Waals surface area contributed by atoms with Crippen LogP contribution in [-0.4, -0.2) is 9.55 Å². The normalized spacial score (nSPS) is 18.3. The van der Waals surface area contributed by atoms with E-state index in [4.69, 9.17) is 0 Å². The number of aryl methyl sites for hydroxylation is 1. The summed E-state index contributed by atoms with van der Waals surface area (Å²) in [6.07, 6.45) is 8.32. The van der Waals surface area contributed by atoms with Crippen LogP contribution in [0.5, 0.6) is 0 Å². The van der Waals surface area contributed by atoms with Gasteiger partial charge < -0.3 is 4.57 Å². The topological polar surface area (TPSA) is 17.8 Å². The van der Waals surface area contributed by atoms with Crippen molar-refractivity contribution in [3.8, 4) is 0 Å². The Bertz CT molecular complexity index is 288. The molecule has 0 bridgehead atoms. The lowest BCUT2D eigenvalue weighted by Gasteiger charge is -2.18. The van der Waals surface area contributed by atoms with Crippen molar-refractivity contribution in [3.05, 3.63) is 17.7 Å². The van der Waals surface area contributed by atoms with Gasteiger partial charge in [0, 0.05) is 11.7 Å². The van der Waals surface area contributed by atoms with Crippen LogP contribution in [0.2, 0.25) is 0 Å². The lowest BCUT2D eigenvalue weighted by molar-refractivity contribution is 0.499. The molecule has 1 aliphatic carbocycles. The minimum absolute atomic E-state index is 0.620. The highest BCUT2D eigenvalue weighted by molar-refractivity contribution is 5.16. The first-order chi connectivity index (χ1) is 6.33. The quantitative estimate of drug-likeness (QED) is 0.681. The second-order valence-electron chi connectivity index (χ2n) is 4.01. The van der Waals surface area contributed by atoms with Gasteiger partial charge in [-0.15, -0.1) is 0 Å². The van der Waals surface area contributed by atoms with Gasteiger partial charge in [-0.1, -0.05) is 6.92 Å². The second-order valence-corrected chi connectivity index (χ2v) is 4.01. The minimum Gasteiger partial charge on any atom is -0.332 e. The van der Waals surface area contributed by atoms with E-state index in [-0.39, 0.29) is 0 Å². The molecule has 2 rings (SSSR count). The molecule has 0 saturated heterocycles. The molecule has 0 saturated carbocycles. The van der Waals surface area contributed by atoms with Crippen LogP contribution < -0.4 is 0 Å². The van der Waals surface area contributed by atoms with Gasteiger partial charge in [0.25, 0.3) is 0 Å². The average Bonchev–Trinajstić information content (AvgIpc) is 2.60. The molecule has 0 spiro atoms. The van der Waals surface area contributed by atoms with Crippen LogP contribution in [0.1, 0.15) is 50.5 Å². The summed E-state index contributed by atoms with van der Waals surface area (Å²) in [6, 6.07) is 0.620. The van der Waals surface area contributed by atoms with Crippen molar-refractivity contribution >= 4 is 0 Å². The molecular weight excluding hydrogens is 160 g/mol. The molecule has 0 fully saturated rings. The third kappa shape index (κ3) is 1.50. The first-order valence-electron chi connectivity index (χ1n) is 5.37. The number of rotatable bonds is 2. The molecule has 0 radical (unpaired) electrons. The number of hydrogen-bond donors (Lipinski definition) is 0. The van der Waals surface area contributed by atoms with E-state index in [9.17, 15) is 0 Å².